The molecule has 0 aromatic heterocycles. The fourth-order valence-electron chi connectivity index (χ4n) is 3.52. The monoisotopic (exact) mass is 270 g/mol. The average molecular weight is 270 g/mol. The fourth-order valence-corrected chi connectivity index (χ4v) is 4.74. The number of nitrogens with zero attached hydrogens (tertiary/aromatic N) is 1. The third-order valence-corrected chi connectivity index (χ3v) is 5.96. The molecule has 1 heterocycles. The van der Waals surface area contributed by atoms with Crippen molar-refractivity contribution in [3.05, 3.63) is 0 Å². The van der Waals surface area contributed by atoms with E-state index in [-0.39, 0.29) is 0 Å². The highest BCUT2D eigenvalue weighted by molar-refractivity contribution is 7.99. The first-order chi connectivity index (χ1) is 8.81. The summed E-state index contributed by atoms with van der Waals surface area (Å²) in [6.45, 7) is 4.82. The van der Waals surface area contributed by atoms with Crippen molar-refractivity contribution in [2.75, 3.05) is 25.9 Å². The molecule has 0 amide bonds. The van der Waals surface area contributed by atoms with Crippen LogP contribution in [0.2, 0.25) is 0 Å². The molecule has 18 heavy (non-hydrogen) atoms. The van der Waals surface area contributed by atoms with Gasteiger partial charge in [-0.3, -0.25) is 0 Å². The molecule has 3 atom stereocenters. The number of rotatable bonds is 6. The zero-order chi connectivity index (χ0) is 12.8. The summed E-state index contributed by atoms with van der Waals surface area (Å²) >= 11 is 2.16. The van der Waals surface area contributed by atoms with Crippen LogP contribution < -0.4 is 5.32 Å². The molecule has 106 valence electrons. The largest absolute Gasteiger partial charge is 0.313 e. The van der Waals surface area contributed by atoms with Gasteiger partial charge in [-0.15, -0.1) is 0 Å². The van der Waals surface area contributed by atoms with Crippen molar-refractivity contribution in [2.45, 2.75) is 69.2 Å². The van der Waals surface area contributed by atoms with Crippen molar-refractivity contribution in [1.29, 1.82) is 0 Å². The quantitative estimate of drug-likeness (QED) is 0.798. The minimum atomic E-state index is 0.795. The molecule has 0 spiro atoms. The maximum Gasteiger partial charge on any atom is 0.0201 e. The first-order valence-electron chi connectivity index (χ1n) is 7.86. The highest BCUT2D eigenvalue weighted by Gasteiger charge is 2.27. The Hall–Kier alpha value is 0.270. The van der Waals surface area contributed by atoms with E-state index >= 15 is 0 Å². The van der Waals surface area contributed by atoms with Gasteiger partial charge in [-0.2, -0.15) is 11.8 Å². The summed E-state index contributed by atoms with van der Waals surface area (Å²) in [6.07, 6.45) is 9.86. The van der Waals surface area contributed by atoms with Crippen LogP contribution in [-0.2, 0) is 0 Å². The first-order valence-corrected chi connectivity index (χ1v) is 8.91. The first kappa shape index (κ1) is 14.7. The molecule has 2 aliphatic rings. The third kappa shape index (κ3) is 4.14. The van der Waals surface area contributed by atoms with E-state index in [2.05, 4.69) is 35.9 Å². The Morgan fingerprint density at radius 3 is 2.83 bits per heavy atom. The molecule has 0 radical (unpaired) electrons. The predicted octanol–water partition coefficient (Wildman–Crippen LogP) is 3.12. The van der Waals surface area contributed by atoms with E-state index in [0.717, 1.165) is 17.3 Å². The molecule has 3 unspecified atom stereocenters. The average Bonchev–Trinajstić information content (AvgIpc) is 2.80. The second-order valence-corrected chi connectivity index (χ2v) is 7.42. The molecule has 2 fully saturated rings. The Morgan fingerprint density at radius 1 is 1.17 bits per heavy atom. The van der Waals surface area contributed by atoms with Gasteiger partial charge >= 0.3 is 0 Å². The van der Waals surface area contributed by atoms with Crippen molar-refractivity contribution in [2.24, 2.45) is 0 Å². The molecule has 0 aromatic rings. The van der Waals surface area contributed by atoms with Crippen LogP contribution in [0.4, 0.5) is 0 Å². The predicted molar refractivity (Wildman–Crippen MR) is 82.4 cm³/mol. The SMILES string of the molecule is CCSC1CCCC1NCCC1CCCCN1C. The minimum absolute atomic E-state index is 0.795. The van der Waals surface area contributed by atoms with Crippen LogP contribution in [0.5, 0.6) is 0 Å². The molecular weight excluding hydrogens is 240 g/mol. The molecule has 0 bridgehead atoms. The van der Waals surface area contributed by atoms with E-state index in [1.54, 1.807) is 0 Å². The van der Waals surface area contributed by atoms with Gasteiger partial charge < -0.3 is 10.2 Å². The standard InChI is InChI=1S/C15H30N2S/c1-3-18-15-9-6-8-14(15)16-11-10-13-7-4-5-12-17(13)2/h13-16H,3-12H2,1-2H3. The second-order valence-electron chi connectivity index (χ2n) is 5.90. The number of hydrogen-bond acceptors (Lipinski definition) is 3. The topological polar surface area (TPSA) is 15.3 Å². The van der Waals surface area contributed by atoms with Gasteiger partial charge in [0.25, 0.3) is 0 Å². The third-order valence-electron chi connectivity index (χ3n) is 4.64. The fraction of sp³-hybridized carbons (Fsp3) is 1.00. The van der Waals surface area contributed by atoms with Crippen molar-refractivity contribution in [1.82, 2.24) is 10.2 Å². The summed E-state index contributed by atoms with van der Waals surface area (Å²) < 4.78 is 0. The van der Waals surface area contributed by atoms with Crippen LogP contribution in [0.3, 0.4) is 0 Å². The second kappa shape index (κ2) is 7.76. The minimum Gasteiger partial charge on any atom is -0.313 e. The lowest BCUT2D eigenvalue weighted by Crippen LogP contribution is -2.41. The van der Waals surface area contributed by atoms with Crippen LogP contribution >= 0.6 is 11.8 Å². The molecule has 1 saturated heterocycles. The molecule has 1 aliphatic carbocycles. The van der Waals surface area contributed by atoms with Gasteiger partial charge in [-0.1, -0.05) is 19.8 Å². The number of thioether (sulfide) groups is 1. The van der Waals surface area contributed by atoms with Crippen LogP contribution in [0.1, 0.15) is 51.9 Å². The maximum atomic E-state index is 3.84. The normalized spacial score (nSPS) is 34.0. The highest BCUT2D eigenvalue weighted by atomic mass is 32.2. The Bertz CT molecular complexity index is 235. The maximum absolute atomic E-state index is 3.84. The molecule has 1 N–H and O–H groups in total. The highest BCUT2D eigenvalue weighted by Crippen LogP contribution is 2.30. The Labute approximate surface area is 117 Å². The van der Waals surface area contributed by atoms with E-state index in [1.807, 2.05) is 0 Å². The van der Waals surface area contributed by atoms with E-state index < -0.39 is 0 Å². The van der Waals surface area contributed by atoms with E-state index in [9.17, 15) is 0 Å². The Kier molecular flexibility index (Phi) is 6.33. The van der Waals surface area contributed by atoms with Crippen LogP contribution in [0.25, 0.3) is 0 Å². The summed E-state index contributed by atoms with van der Waals surface area (Å²) in [5, 5.41) is 4.72. The van der Waals surface area contributed by atoms with Gasteiger partial charge in [0.1, 0.15) is 0 Å². The Balaban J connectivity index is 1.65. The van der Waals surface area contributed by atoms with Crippen LogP contribution in [0, 0.1) is 0 Å². The van der Waals surface area contributed by atoms with Crippen molar-refractivity contribution >= 4 is 11.8 Å². The van der Waals surface area contributed by atoms with E-state index in [1.165, 1.54) is 63.8 Å². The summed E-state index contributed by atoms with van der Waals surface area (Å²) in [4.78, 5) is 2.57. The van der Waals surface area contributed by atoms with Crippen LogP contribution in [-0.4, -0.2) is 48.1 Å². The molecule has 3 heteroatoms. The smallest absolute Gasteiger partial charge is 0.0201 e. The van der Waals surface area contributed by atoms with Gasteiger partial charge in [0.2, 0.25) is 0 Å². The molecule has 0 aromatic carbocycles. The zero-order valence-electron chi connectivity index (χ0n) is 12.2. The van der Waals surface area contributed by atoms with Crippen molar-refractivity contribution in [3.63, 3.8) is 0 Å². The zero-order valence-corrected chi connectivity index (χ0v) is 13.0. The molecule has 2 nitrogen and oxygen atoms in total. The van der Waals surface area contributed by atoms with Crippen molar-refractivity contribution in [3.8, 4) is 0 Å². The van der Waals surface area contributed by atoms with Gasteiger partial charge in [0.15, 0.2) is 0 Å². The van der Waals surface area contributed by atoms with E-state index in [4.69, 9.17) is 0 Å². The number of likely N-dealkylation sites (tertiary alicyclic amines) is 1. The lowest BCUT2D eigenvalue weighted by molar-refractivity contribution is 0.174. The van der Waals surface area contributed by atoms with Crippen molar-refractivity contribution < 1.29 is 0 Å². The lowest BCUT2D eigenvalue weighted by Gasteiger charge is -2.33. The number of hydrogen-bond donors (Lipinski definition) is 1. The molecule has 1 aliphatic heterocycles. The number of nitrogens with one attached hydrogen (secondary N) is 1. The van der Waals surface area contributed by atoms with Gasteiger partial charge in [-0.25, -0.2) is 0 Å². The van der Waals surface area contributed by atoms with Gasteiger partial charge in [0.05, 0.1) is 0 Å². The molecule has 1 saturated carbocycles. The summed E-state index contributed by atoms with van der Waals surface area (Å²) in [7, 11) is 2.30. The van der Waals surface area contributed by atoms with Gasteiger partial charge in [0, 0.05) is 17.3 Å². The van der Waals surface area contributed by atoms with E-state index in [0.29, 0.717) is 0 Å². The van der Waals surface area contributed by atoms with Crippen LogP contribution in [0.15, 0.2) is 0 Å². The summed E-state index contributed by atoms with van der Waals surface area (Å²) in [5.74, 6) is 1.27. The Morgan fingerprint density at radius 2 is 2.06 bits per heavy atom. The molecule has 2 rings (SSSR count). The molecular formula is C15H30N2S. The number of piperidine rings is 1. The lowest BCUT2D eigenvalue weighted by atomic mass is 10.00. The summed E-state index contributed by atoms with van der Waals surface area (Å²) in [5.41, 5.74) is 0. The van der Waals surface area contributed by atoms with Gasteiger partial charge in [-0.05, 0) is 58.0 Å². The summed E-state index contributed by atoms with van der Waals surface area (Å²) in [6, 6.07) is 1.63.